The maximum atomic E-state index is 12.2. The lowest BCUT2D eigenvalue weighted by molar-refractivity contribution is -0.122. The second-order valence-electron chi connectivity index (χ2n) is 4.93. The monoisotopic (exact) mass is 371 g/mol. The number of benzene rings is 1. The zero-order valence-corrected chi connectivity index (χ0v) is 15.7. The normalized spacial score (nSPS) is 12.0. The maximum Gasteiger partial charge on any atom is 0.266 e. The van der Waals surface area contributed by atoms with Crippen molar-refractivity contribution >= 4 is 45.7 Å². The second kappa shape index (κ2) is 7.99. The molecule has 5 nitrogen and oxygen atoms in total. The van der Waals surface area contributed by atoms with Crippen molar-refractivity contribution < 1.29 is 9.53 Å². The largest absolute Gasteiger partial charge is 0.481 e. The summed E-state index contributed by atoms with van der Waals surface area (Å²) in [5.74, 6) is 1.27. The first-order valence-corrected chi connectivity index (χ1v) is 9.29. The van der Waals surface area contributed by atoms with Crippen LogP contribution in [0.5, 0.6) is 5.75 Å². The van der Waals surface area contributed by atoms with Crippen LogP contribution in [0.2, 0.25) is 5.02 Å². The van der Waals surface area contributed by atoms with Crippen LogP contribution in [0.15, 0.2) is 16.5 Å². The summed E-state index contributed by atoms with van der Waals surface area (Å²) in [5, 5.41) is 11.9. The Morgan fingerprint density at radius 1 is 1.39 bits per heavy atom. The number of carbonyl (C=O) groups is 1. The number of nitrogens with one attached hydrogen (secondary N) is 1. The van der Waals surface area contributed by atoms with Crippen molar-refractivity contribution in [2.45, 2.75) is 38.1 Å². The van der Waals surface area contributed by atoms with E-state index in [-0.39, 0.29) is 5.91 Å². The summed E-state index contributed by atoms with van der Waals surface area (Å²) >= 11 is 9.07. The molecule has 1 aromatic heterocycles. The number of aryl methyl sites for hydroxylation is 2. The molecule has 1 aromatic carbocycles. The van der Waals surface area contributed by atoms with Crippen LogP contribution in [0.3, 0.4) is 0 Å². The molecule has 0 radical (unpaired) electrons. The summed E-state index contributed by atoms with van der Waals surface area (Å²) in [6.45, 7) is 7.54. The van der Waals surface area contributed by atoms with Crippen molar-refractivity contribution in [1.82, 2.24) is 10.2 Å². The van der Waals surface area contributed by atoms with Crippen LogP contribution in [0.4, 0.5) is 5.13 Å². The van der Waals surface area contributed by atoms with E-state index in [1.807, 2.05) is 32.9 Å². The Morgan fingerprint density at radius 2 is 2.04 bits per heavy atom. The summed E-state index contributed by atoms with van der Waals surface area (Å²) < 4.78 is 6.53. The van der Waals surface area contributed by atoms with Crippen molar-refractivity contribution in [2.24, 2.45) is 0 Å². The van der Waals surface area contributed by atoms with E-state index in [1.165, 1.54) is 11.3 Å². The van der Waals surface area contributed by atoms with Gasteiger partial charge >= 0.3 is 0 Å². The number of halogens is 1. The molecule has 0 saturated carbocycles. The van der Waals surface area contributed by atoms with E-state index in [0.29, 0.717) is 15.9 Å². The predicted molar refractivity (Wildman–Crippen MR) is 96.0 cm³/mol. The number of anilines is 1. The number of aromatic nitrogens is 2. The zero-order chi connectivity index (χ0) is 17.0. The van der Waals surface area contributed by atoms with E-state index < -0.39 is 6.10 Å². The molecule has 1 heterocycles. The van der Waals surface area contributed by atoms with Crippen LogP contribution in [0, 0.1) is 13.8 Å². The Balaban J connectivity index is 1.99. The average molecular weight is 372 g/mol. The number of hydrogen-bond acceptors (Lipinski definition) is 6. The molecule has 1 N–H and O–H groups in total. The van der Waals surface area contributed by atoms with Gasteiger partial charge in [-0.15, -0.1) is 10.2 Å². The Kier molecular flexibility index (Phi) is 6.26. The number of ether oxygens (including phenoxy) is 1. The summed E-state index contributed by atoms with van der Waals surface area (Å²) in [5.41, 5.74) is 1.83. The van der Waals surface area contributed by atoms with Gasteiger partial charge in [-0.3, -0.25) is 10.1 Å². The molecule has 0 saturated heterocycles. The minimum Gasteiger partial charge on any atom is -0.481 e. The fourth-order valence-corrected chi connectivity index (χ4v) is 3.64. The molecule has 2 aromatic rings. The smallest absolute Gasteiger partial charge is 0.266 e. The van der Waals surface area contributed by atoms with Gasteiger partial charge in [0.1, 0.15) is 5.75 Å². The van der Waals surface area contributed by atoms with Gasteiger partial charge in [0.05, 0.1) is 0 Å². The highest BCUT2D eigenvalue weighted by atomic mass is 35.5. The molecule has 0 spiro atoms. The van der Waals surface area contributed by atoms with E-state index >= 15 is 0 Å². The first-order valence-electron chi connectivity index (χ1n) is 7.11. The molecule has 0 aliphatic heterocycles. The first kappa shape index (κ1) is 18.0. The molecule has 0 aliphatic rings. The lowest BCUT2D eigenvalue weighted by atomic mass is 10.1. The first-order chi connectivity index (χ1) is 10.9. The van der Waals surface area contributed by atoms with Crippen molar-refractivity contribution in [3.8, 4) is 5.75 Å². The summed E-state index contributed by atoms with van der Waals surface area (Å²) in [6, 6.07) is 3.64. The van der Waals surface area contributed by atoms with Crippen molar-refractivity contribution in [1.29, 1.82) is 0 Å². The zero-order valence-electron chi connectivity index (χ0n) is 13.3. The van der Waals surface area contributed by atoms with Gasteiger partial charge in [0.2, 0.25) is 5.13 Å². The van der Waals surface area contributed by atoms with Gasteiger partial charge < -0.3 is 4.74 Å². The molecule has 0 unspecified atom stereocenters. The fourth-order valence-electron chi connectivity index (χ4n) is 1.88. The number of thioether (sulfide) groups is 1. The lowest BCUT2D eigenvalue weighted by Gasteiger charge is -2.15. The van der Waals surface area contributed by atoms with Crippen LogP contribution in [-0.2, 0) is 4.79 Å². The third-order valence-electron chi connectivity index (χ3n) is 3.00. The van der Waals surface area contributed by atoms with Gasteiger partial charge in [0.25, 0.3) is 5.91 Å². The highest BCUT2D eigenvalue weighted by Crippen LogP contribution is 2.27. The number of amides is 1. The number of hydrogen-bond donors (Lipinski definition) is 1. The Hall–Kier alpha value is -1.31. The molecule has 23 heavy (non-hydrogen) atoms. The van der Waals surface area contributed by atoms with Crippen LogP contribution >= 0.6 is 34.7 Å². The molecule has 1 atom stereocenters. The summed E-state index contributed by atoms with van der Waals surface area (Å²) in [4.78, 5) is 12.2. The van der Waals surface area contributed by atoms with E-state index in [9.17, 15) is 4.79 Å². The van der Waals surface area contributed by atoms with Crippen LogP contribution in [0.25, 0.3) is 0 Å². The Bertz CT molecular complexity index is 683. The van der Waals surface area contributed by atoms with Crippen LogP contribution < -0.4 is 10.1 Å². The Morgan fingerprint density at radius 3 is 2.65 bits per heavy atom. The van der Waals surface area contributed by atoms with Gasteiger partial charge in [-0.25, -0.2) is 0 Å². The standard InChI is InChI=1S/C15H18ClN3O2S2/c1-5-22-15-19-18-14(23-15)17-13(20)10(4)21-11-6-8(2)12(16)9(3)7-11/h6-7,10H,5H2,1-4H3,(H,17,18,20)/t10-/m0/s1. The summed E-state index contributed by atoms with van der Waals surface area (Å²) in [7, 11) is 0. The van der Waals surface area contributed by atoms with E-state index in [0.717, 1.165) is 21.2 Å². The highest BCUT2D eigenvalue weighted by Gasteiger charge is 2.17. The van der Waals surface area contributed by atoms with Gasteiger partial charge in [-0.1, -0.05) is 41.6 Å². The maximum absolute atomic E-state index is 12.2. The molecule has 2 rings (SSSR count). The minimum atomic E-state index is -0.652. The lowest BCUT2D eigenvalue weighted by Crippen LogP contribution is -2.30. The quantitative estimate of drug-likeness (QED) is 0.605. The number of nitrogens with zero attached hydrogens (tertiary/aromatic N) is 2. The molecular weight excluding hydrogens is 354 g/mol. The second-order valence-corrected chi connectivity index (χ2v) is 7.79. The molecule has 0 bridgehead atoms. The van der Waals surface area contributed by atoms with Crippen molar-refractivity contribution in [3.63, 3.8) is 0 Å². The molecule has 0 fully saturated rings. The molecule has 8 heteroatoms. The van der Waals surface area contributed by atoms with Gasteiger partial charge in [-0.2, -0.15) is 0 Å². The molecule has 1 amide bonds. The third kappa shape index (κ3) is 4.83. The van der Waals surface area contributed by atoms with Gasteiger partial charge in [0, 0.05) is 5.02 Å². The van der Waals surface area contributed by atoms with Crippen LogP contribution in [-0.4, -0.2) is 28.0 Å². The summed E-state index contributed by atoms with van der Waals surface area (Å²) in [6.07, 6.45) is -0.652. The third-order valence-corrected chi connectivity index (χ3v) is 5.45. The van der Waals surface area contributed by atoms with E-state index in [1.54, 1.807) is 18.7 Å². The molecule has 0 aliphatic carbocycles. The topological polar surface area (TPSA) is 64.1 Å². The molecular formula is C15H18ClN3O2S2. The SMILES string of the molecule is CCSc1nnc(NC(=O)[C@H](C)Oc2cc(C)c(Cl)c(C)c2)s1. The van der Waals surface area contributed by atoms with E-state index in [4.69, 9.17) is 16.3 Å². The number of carbonyl (C=O) groups excluding carboxylic acids is 1. The van der Waals surface area contributed by atoms with Crippen molar-refractivity contribution in [2.75, 3.05) is 11.1 Å². The van der Waals surface area contributed by atoms with Crippen molar-refractivity contribution in [3.05, 3.63) is 28.3 Å². The molecule has 124 valence electrons. The Labute approximate surface area is 148 Å². The minimum absolute atomic E-state index is 0.264. The van der Waals surface area contributed by atoms with E-state index in [2.05, 4.69) is 15.5 Å². The average Bonchev–Trinajstić information content (AvgIpc) is 2.92. The van der Waals surface area contributed by atoms with Crippen LogP contribution in [0.1, 0.15) is 25.0 Å². The number of rotatable bonds is 6. The predicted octanol–water partition coefficient (Wildman–Crippen LogP) is 4.33. The fraction of sp³-hybridized carbons (Fsp3) is 0.400. The highest BCUT2D eigenvalue weighted by molar-refractivity contribution is 8.01. The van der Waals surface area contributed by atoms with Gasteiger partial charge in [0.15, 0.2) is 10.4 Å². The van der Waals surface area contributed by atoms with Gasteiger partial charge in [-0.05, 0) is 49.8 Å².